The molecule has 0 fully saturated rings. The lowest BCUT2D eigenvalue weighted by Crippen LogP contribution is -2.39. The Balaban J connectivity index is 1.76. The van der Waals surface area contributed by atoms with E-state index in [-0.39, 0.29) is 6.04 Å². The molecule has 0 radical (unpaired) electrons. The molecule has 2 rings (SSSR count). The Bertz CT molecular complexity index is 611. The highest BCUT2D eigenvalue weighted by Gasteiger charge is 2.06. The van der Waals surface area contributed by atoms with Crippen molar-refractivity contribution in [1.29, 1.82) is 0 Å². The van der Waals surface area contributed by atoms with Crippen LogP contribution >= 0.6 is 12.2 Å². The van der Waals surface area contributed by atoms with Gasteiger partial charge in [0, 0.05) is 6.20 Å². The van der Waals surface area contributed by atoms with Gasteiger partial charge < -0.3 is 15.4 Å². The van der Waals surface area contributed by atoms with E-state index in [0.717, 1.165) is 17.1 Å². The van der Waals surface area contributed by atoms with Crippen LogP contribution in [-0.4, -0.2) is 22.7 Å². The molecule has 0 bridgehead atoms. The molecule has 0 aliphatic heterocycles. The monoisotopic (exact) mass is 315 g/mol. The molecule has 2 N–H and O–H groups in total. The van der Waals surface area contributed by atoms with Crippen LogP contribution in [0.5, 0.6) is 5.75 Å². The maximum atomic E-state index is 5.72. The molecule has 1 unspecified atom stereocenters. The van der Waals surface area contributed by atoms with E-state index in [4.69, 9.17) is 17.0 Å². The molecule has 0 aliphatic carbocycles. The fraction of sp³-hybridized carbons (Fsp3) is 0.294. The highest BCUT2D eigenvalue weighted by atomic mass is 32.1. The van der Waals surface area contributed by atoms with Crippen molar-refractivity contribution in [2.75, 3.05) is 11.9 Å². The second-order valence-corrected chi connectivity index (χ2v) is 5.75. The molecule has 0 amide bonds. The standard InChI is InChI=1S/C17H21N3OS/c1-12-4-7-15(8-5-12)21-11-14(3)19-17(22)20-16-9-6-13(2)10-18-16/h4-10,14H,11H2,1-3H3,(H2,18,19,20,22). The van der Waals surface area contributed by atoms with Gasteiger partial charge in [-0.15, -0.1) is 0 Å². The summed E-state index contributed by atoms with van der Waals surface area (Å²) in [5.74, 6) is 1.59. The molecule has 0 spiro atoms. The summed E-state index contributed by atoms with van der Waals surface area (Å²) in [7, 11) is 0. The van der Waals surface area contributed by atoms with Crippen molar-refractivity contribution in [3.8, 4) is 5.75 Å². The number of aromatic nitrogens is 1. The lowest BCUT2D eigenvalue weighted by atomic mass is 10.2. The van der Waals surface area contributed by atoms with E-state index in [0.29, 0.717) is 11.7 Å². The Morgan fingerprint density at radius 1 is 1.14 bits per heavy atom. The third-order valence-electron chi connectivity index (χ3n) is 3.05. The van der Waals surface area contributed by atoms with Crippen LogP contribution in [0.3, 0.4) is 0 Å². The van der Waals surface area contributed by atoms with E-state index in [1.807, 2.05) is 50.2 Å². The molecule has 2 aromatic rings. The zero-order valence-electron chi connectivity index (χ0n) is 13.1. The Hall–Kier alpha value is -2.14. The summed E-state index contributed by atoms with van der Waals surface area (Å²) < 4.78 is 5.72. The fourth-order valence-corrected chi connectivity index (χ4v) is 2.12. The molecule has 1 atom stereocenters. The van der Waals surface area contributed by atoms with Crippen LogP contribution in [-0.2, 0) is 0 Å². The number of benzene rings is 1. The lowest BCUT2D eigenvalue weighted by molar-refractivity contribution is 0.287. The summed E-state index contributed by atoms with van der Waals surface area (Å²) in [5.41, 5.74) is 2.33. The third-order valence-corrected chi connectivity index (χ3v) is 3.27. The average Bonchev–Trinajstić information content (AvgIpc) is 2.49. The van der Waals surface area contributed by atoms with Crippen molar-refractivity contribution in [2.45, 2.75) is 26.8 Å². The zero-order chi connectivity index (χ0) is 15.9. The number of aryl methyl sites for hydroxylation is 2. The van der Waals surface area contributed by atoms with Gasteiger partial charge in [0.2, 0.25) is 0 Å². The number of anilines is 1. The van der Waals surface area contributed by atoms with Gasteiger partial charge in [-0.3, -0.25) is 0 Å². The van der Waals surface area contributed by atoms with E-state index < -0.39 is 0 Å². The average molecular weight is 315 g/mol. The molecule has 0 aliphatic rings. The third kappa shape index (κ3) is 5.33. The number of pyridine rings is 1. The van der Waals surface area contributed by atoms with Crippen molar-refractivity contribution in [1.82, 2.24) is 10.3 Å². The first-order valence-electron chi connectivity index (χ1n) is 7.22. The van der Waals surface area contributed by atoms with Crippen molar-refractivity contribution in [2.24, 2.45) is 0 Å². The van der Waals surface area contributed by atoms with E-state index in [9.17, 15) is 0 Å². The molecule has 0 saturated carbocycles. The Morgan fingerprint density at radius 3 is 2.45 bits per heavy atom. The number of nitrogens with one attached hydrogen (secondary N) is 2. The number of thiocarbonyl (C=S) groups is 1. The van der Waals surface area contributed by atoms with E-state index >= 15 is 0 Å². The van der Waals surface area contributed by atoms with Gasteiger partial charge in [0.05, 0.1) is 6.04 Å². The molecule has 5 heteroatoms. The van der Waals surface area contributed by atoms with Gasteiger partial charge in [0.1, 0.15) is 18.2 Å². The van der Waals surface area contributed by atoms with Crippen LogP contribution in [0.2, 0.25) is 0 Å². The van der Waals surface area contributed by atoms with Crippen LogP contribution in [0, 0.1) is 13.8 Å². The zero-order valence-corrected chi connectivity index (χ0v) is 13.9. The number of nitrogens with zero attached hydrogens (tertiary/aromatic N) is 1. The highest BCUT2D eigenvalue weighted by Crippen LogP contribution is 2.11. The molecule has 22 heavy (non-hydrogen) atoms. The van der Waals surface area contributed by atoms with E-state index in [2.05, 4.69) is 22.5 Å². The molecule has 0 saturated heterocycles. The molecular formula is C17H21N3OS. The van der Waals surface area contributed by atoms with Gasteiger partial charge in [-0.1, -0.05) is 23.8 Å². The molecule has 1 aromatic heterocycles. The van der Waals surface area contributed by atoms with Gasteiger partial charge in [-0.2, -0.15) is 0 Å². The topological polar surface area (TPSA) is 46.2 Å². The summed E-state index contributed by atoms with van der Waals surface area (Å²) in [4.78, 5) is 4.26. The van der Waals surface area contributed by atoms with Crippen LogP contribution in [0.1, 0.15) is 18.1 Å². The van der Waals surface area contributed by atoms with Crippen LogP contribution < -0.4 is 15.4 Å². The van der Waals surface area contributed by atoms with Crippen molar-refractivity contribution in [3.05, 3.63) is 53.7 Å². The Morgan fingerprint density at radius 2 is 1.82 bits per heavy atom. The summed E-state index contributed by atoms with van der Waals surface area (Å²) in [6, 6.07) is 12.0. The molecular weight excluding hydrogens is 294 g/mol. The van der Waals surface area contributed by atoms with Crippen molar-refractivity contribution >= 4 is 23.1 Å². The number of hydrogen-bond donors (Lipinski definition) is 2. The summed E-state index contributed by atoms with van der Waals surface area (Å²) in [6.45, 7) is 6.60. The Labute approximate surface area is 136 Å². The van der Waals surface area contributed by atoms with Gasteiger partial charge in [0.15, 0.2) is 5.11 Å². The summed E-state index contributed by atoms with van der Waals surface area (Å²) >= 11 is 5.28. The number of rotatable bonds is 5. The largest absolute Gasteiger partial charge is 0.491 e. The minimum absolute atomic E-state index is 0.0896. The molecule has 1 heterocycles. The first-order chi connectivity index (χ1) is 10.5. The SMILES string of the molecule is Cc1ccc(OCC(C)NC(=S)Nc2ccc(C)cn2)cc1. The first kappa shape index (κ1) is 16.2. The van der Waals surface area contributed by atoms with Crippen LogP contribution in [0.25, 0.3) is 0 Å². The van der Waals surface area contributed by atoms with Gasteiger partial charge >= 0.3 is 0 Å². The van der Waals surface area contributed by atoms with E-state index in [1.54, 1.807) is 6.20 Å². The molecule has 1 aromatic carbocycles. The maximum absolute atomic E-state index is 5.72. The predicted molar refractivity (Wildman–Crippen MR) is 94.5 cm³/mol. The van der Waals surface area contributed by atoms with Gasteiger partial charge in [-0.25, -0.2) is 4.98 Å². The minimum atomic E-state index is 0.0896. The van der Waals surface area contributed by atoms with Gasteiger partial charge in [-0.05, 0) is 56.8 Å². The second-order valence-electron chi connectivity index (χ2n) is 5.34. The lowest BCUT2D eigenvalue weighted by Gasteiger charge is -2.17. The fourth-order valence-electron chi connectivity index (χ4n) is 1.82. The van der Waals surface area contributed by atoms with Gasteiger partial charge in [0.25, 0.3) is 0 Å². The highest BCUT2D eigenvalue weighted by molar-refractivity contribution is 7.80. The number of ether oxygens (including phenoxy) is 1. The molecule has 4 nitrogen and oxygen atoms in total. The predicted octanol–water partition coefficient (Wildman–Crippen LogP) is 3.45. The quantitative estimate of drug-likeness (QED) is 0.828. The second kappa shape index (κ2) is 7.75. The van der Waals surface area contributed by atoms with E-state index in [1.165, 1.54) is 5.56 Å². The molecule has 116 valence electrons. The maximum Gasteiger partial charge on any atom is 0.172 e. The van der Waals surface area contributed by atoms with Crippen LogP contribution in [0.15, 0.2) is 42.6 Å². The Kier molecular flexibility index (Phi) is 5.72. The summed E-state index contributed by atoms with van der Waals surface area (Å²) in [5, 5.41) is 6.78. The van der Waals surface area contributed by atoms with Crippen molar-refractivity contribution in [3.63, 3.8) is 0 Å². The first-order valence-corrected chi connectivity index (χ1v) is 7.63. The summed E-state index contributed by atoms with van der Waals surface area (Å²) in [6.07, 6.45) is 1.80. The van der Waals surface area contributed by atoms with Crippen LogP contribution in [0.4, 0.5) is 5.82 Å². The van der Waals surface area contributed by atoms with Crippen molar-refractivity contribution < 1.29 is 4.74 Å². The minimum Gasteiger partial charge on any atom is -0.491 e. The number of hydrogen-bond acceptors (Lipinski definition) is 3. The smallest absolute Gasteiger partial charge is 0.172 e. The normalized spacial score (nSPS) is 11.6.